The van der Waals surface area contributed by atoms with E-state index in [0.717, 1.165) is 99.8 Å². The first kappa shape index (κ1) is 38.8. The molecule has 0 saturated carbocycles. The molecule has 11 aromatic rings. The number of aromatic nitrogens is 6. The standard InChI is InChI=1S/C57H38N8/c1-37(64-50-22-11-9-20-44(50)46-33-42(24-26-52(46)64)56-60-30-28-48(62-56)39-15-5-3-6-16-39)55(41-19-13-14-38(32-41)35-58)54(36-59-2)65-51-23-12-10-21-45(51)47-34-43(25-27-53(47)65)57-61-31-29-49(63-57)40-17-7-4-8-18-40/h3-34,36H,2H2,1H3/b54-36+,55-37+. The van der Waals surface area contributed by atoms with Crippen molar-refractivity contribution in [1.29, 1.82) is 5.26 Å². The Morgan fingerprint density at radius 2 is 1.03 bits per heavy atom. The van der Waals surface area contributed by atoms with Gasteiger partial charge in [-0.25, -0.2) is 19.9 Å². The van der Waals surface area contributed by atoms with Crippen molar-refractivity contribution >= 4 is 67.3 Å². The van der Waals surface area contributed by atoms with Crippen molar-refractivity contribution in [3.63, 3.8) is 0 Å². The molecule has 4 heterocycles. The lowest BCUT2D eigenvalue weighted by Gasteiger charge is -2.21. The first-order valence-corrected chi connectivity index (χ1v) is 21.3. The fraction of sp³-hybridized carbons (Fsp3) is 0.0175. The summed E-state index contributed by atoms with van der Waals surface area (Å²) in [5.41, 5.74) is 13.6. The van der Waals surface area contributed by atoms with Gasteiger partial charge in [0.25, 0.3) is 0 Å². The normalized spacial score (nSPS) is 12.2. The Labute approximate surface area is 375 Å². The van der Waals surface area contributed by atoms with Crippen LogP contribution in [0, 0.1) is 11.3 Å². The molecule has 65 heavy (non-hydrogen) atoms. The second kappa shape index (κ2) is 16.3. The summed E-state index contributed by atoms with van der Waals surface area (Å²) in [7, 11) is 0. The lowest BCUT2D eigenvalue weighted by atomic mass is 9.98. The monoisotopic (exact) mass is 834 g/mol. The smallest absolute Gasteiger partial charge is 0.159 e. The van der Waals surface area contributed by atoms with Gasteiger partial charge in [-0.2, -0.15) is 5.26 Å². The van der Waals surface area contributed by atoms with E-state index in [-0.39, 0.29) is 0 Å². The number of nitrogens with zero attached hydrogens (tertiary/aromatic N) is 8. The Morgan fingerprint density at radius 3 is 1.58 bits per heavy atom. The minimum atomic E-state index is 0.549. The summed E-state index contributed by atoms with van der Waals surface area (Å²) >= 11 is 0. The topological polar surface area (TPSA) is 97.6 Å². The van der Waals surface area contributed by atoms with E-state index in [4.69, 9.17) is 19.9 Å². The Bertz CT molecular complexity index is 3760. The summed E-state index contributed by atoms with van der Waals surface area (Å²) in [6, 6.07) is 64.0. The van der Waals surface area contributed by atoms with Crippen LogP contribution in [0.5, 0.6) is 0 Å². The molecule has 0 aliphatic heterocycles. The largest absolute Gasteiger partial charge is 0.313 e. The quantitative estimate of drug-likeness (QED) is 0.107. The zero-order valence-electron chi connectivity index (χ0n) is 35.3. The summed E-state index contributed by atoms with van der Waals surface area (Å²) in [5.74, 6) is 1.29. The highest BCUT2D eigenvalue weighted by Crippen LogP contribution is 2.43. The van der Waals surface area contributed by atoms with Crippen molar-refractivity contribution in [1.82, 2.24) is 29.1 Å². The molecule has 0 aliphatic rings. The number of rotatable bonds is 9. The SMILES string of the molecule is C=N/C=C(\C(=C(/C)n1c2ccccc2c2cc(-c3nccc(-c4ccccc4)n3)ccc21)c1cccc(C#N)c1)n1c2ccccc2c2cc(-c3nccc(-c4ccccc4)n3)ccc21. The molecule has 11 rings (SSSR count). The molecule has 0 bridgehead atoms. The fourth-order valence-corrected chi connectivity index (χ4v) is 9.10. The molecule has 7 aromatic carbocycles. The van der Waals surface area contributed by atoms with Crippen LogP contribution >= 0.6 is 0 Å². The molecular formula is C57H38N8. The third kappa shape index (κ3) is 6.85. The van der Waals surface area contributed by atoms with E-state index >= 15 is 0 Å². The van der Waals surface area contributed by atoms with Gasteiger partial charge < -0.3 is 9.13 Å². The Morgan fingerprint density at radius 1 is 0.523 bits per heavy atom. The first-order valence-electron chi connectivity index (χ1n) is 21.3. The van der Waals surface area contributed by atoms with Crippen molar-refractivity contribution in [3.8, 4) is 51.4 Å². The van der Waals surface area contributed by atoms with Gasteiger partial charge in [-0.3, -0.25) is 4.99 Å². The van der Waals surface area contributed by atoms with Gasteiger partial charge in [0.2, 0.25) is 0 Å². The molecule has 0 N–H and O–H groups in total. The highest BCUT2D eigenvalue weighted by atomic mass is 15.0. The molecule has 0 fully saturated rings. The van der Waals surface area contributed by atoms with Crippen LogP contribution in [0.25, 0.3) is 106 Å². The lowest BCUT2D eigenvalue weighted by molar-refractivity contribution is 1.17. The highest BCUT2D eigenvalue weighted by Gasteiger charge is 2.24. The Hall–Kier alpha value is -9.06. The number of hydrogen-bond donors (Lipinski definition) is 0. The average Bonchev–Trinajstić information content (AvgIpc) is 3.89. The van der Waals surface area contributed by atoms with E-state index in [1.54, 1.807) is 0 Å². The summed E-state index contributed by atoms with van der Waals surface area (Å²) in [6.45, 7) is 6.14. The molecule has 0 unspecified atom stereocenters. The zero-order chi connectivity index (χ0) is 43.9. The average molecular weight is 835 g/mol. The molecule has 0 spiro atoms. The third-order valence-electron chi connectivity index (χ3n) is 12.0. The van der Waals surface area contributed by atoms with Gasteiger partial charge >= 0.3 is 0 Å². The number of para-hydroxylation sites is 2. The van der Waals surface area contributed by atoms with Gasteiger partial charge in [-0.1, -0.05) is 109 Å². The van der Waals surface area contributed by atoms with Crippen molar-refractivity contribution in [2.75, 3.05) is 0 Å². The van der Waals surface area contributed by atoms with E-state index in [1.807, 2.05) is 85.3 Å². The van der Waals surface area contributed by atoms with Crippen LogP contribution in [-0.2, 0) is 0 Å². The van der Waals surface area contributed by atoms with E-state index in [2.05, 4.69) is 149 Å². The predicted molar refractivity (Wildman–Crippen MR) is 266 cm³/mol. The van der Waals surface area contributed by atoms with Crippen LogP contribution in [0.1, 0.15) is 18.1 Å². The van der Waals surface area contributed by atoms with Crippen molar-refractivity contribution in [2.45, 2.75) is 6.92 Å². The van der Waals surface area contributed by atoms with Crippen molar-refractivity contribution < 1.29 is 0 Å². The minimum Gasteiger partial charge on any atom is -0.313 e. The van der Waals surface area contributed by atoms with Crippen LogP contribution in [0.4, 0.5) is 0 Å². The summed E-state index contributed by atoms with van der Waals surface area (Å²) in [4.78, 5) is 23.9. The maximum absolute atomic E-state index is 10.2. The molecular weight excluding hydrogens is 797 g/mol. The number of nitriles is 1. The van der Waals surface area contributed by atoms with Crippen LogP contribution in [-0.4, -0.2) is 35.8 Å². The summed E-state index contributed by atoms with van der Waals surface area (Å²) in [6.07, 6.45) is 5.46. The molecule has 0 amide bonds. The minimum absolute atomic E-state index is 0.549. The van der Waals surface area contributed by atoms with Crippen molar-refractivity contribution in [2.24, 2.45) is 4.99 Å². The fourth-order valence-electron chi connectivity index (χ4n) is 9.10. The molecule has 0 radical (unpaired) electrons. The van der Waals surface area contributed by atoms with Gasteiger partial charge in [0, 0.05) is 67.5 Å². The Kier molecular flexibility index (Phi) is 9.76. The first-order chi connectivity index (χ1) is 32.1. The van der Waals surface area contributed by atoms with Gasteiger partial charge in [0.15, 0.2) is 11.6 Å². The van der Waals surface area contributed by atoms with E-state index < -0.39 is 0 Å². The molecule has 0 aliphatic carbocycles. The van der Waals surface area contributed by atoms with E-state index in [9.17, 15) is 5.26 Å². The molecule has 8 nitrogen and oxygen atoms in total. The van der Waals surface area contributed by atoms with Gasteiger partial charge in [0.05, 0.1) is 57.0 Å². The molecule has 0 atom stereocenters. The summed E-state index contributed by atoms with van der Waals surface area (Å²) in [5, 5.41) is 14.5. The summed E-state index contributed by atoms with van der Waals surface area (Å²) < 4.78 is 4.56. The molecule has 8 heteroatoms. The number of hydrogen-bond acceptors (Lipinski definition) is 6. The lowest BCUT2D eigenvalue weighted by Crippen LogP contribution is -2.06. The maximum Gasteiger partial charge on any atom is 0.159 e. The molecule has 4 aromatic heterocycles. The van der Waals surface area contributed by atoms with Gasteiger partial charge in [-0.05, 0) is 92.0 Å². The van der Waals surface area contributed by atoms with Crippen LogP contribution in [0.15, 0.2) is 206 Å². The van der Waals surface area contributed by atoms with E-state index in [0.29, 0.717) is 17.2 Å². The zero-order valence-corrected chi connectivity index (χ0v) is 35.3. The number of fused-ring (bicyclic) bond motifs is 6. The van der Waals surface area contributed by atoms with Crippen LogP contribution in [0.2, 0.25) is 0 Å². The van der Waals surface area contributed by atoms with Crippen LogP contribution in [0.3, 0.4) is 0 Å². The van der Waals surface area contributed by atoms with E-state index in [1.165, 1.54) is 0 Å². The third-order valence-corrected chi connectivity index (χ3v) is 12.0. The van der Waals surface area contributed by atoms with Crippen molar-refractivity contribution in [3.05, 3.63) is 212 Å². The van der Waals surface area contributed by atoms with Crippen LogP contribution < -0.4 is 0 Å². The second-order valence-corrected chi connectivity index (χ2v) is 15.8. The number of allylic oxidation sites excluding steroid dienone is 3. The molecule has 0 saturated heterocycles. The molecule has 306 valence electrons. The van der Waals surface area contributed by atoms with Gasteiger partial charge in [0.1, 0.15) is 0 Å². The maximum atomic E-state index is 10.2. The number of benzene rings is 7. The van der Waals surface area contributed by atoms with Gasteiger partial charge in [-0.15, -0.1) is 0 Å². The Balaban J connectivity index is 1.13. The predicted octanol–water partition coefficient (Wildman–Crippen LogP) is 13.6. The highest BCUT2D eigenvalue weighted by molar-refractivity contribution is 6.19. The second-order valence-electron chi connectivity index (χ2n) is 15.8. The number of aliphatic imine (C=N–C) groups is 1.